The molecule has 0 saturated carbocycles. The van der Waals surface area contributed by atoms with Crippen LogP contribution >= 0.6 is 0 Å². The SMILES string of the molecule is CCCCCNC(=O)C(c1ccccc1C)N(CC)C(=O)CNC(=O)OC(C)(C)C. The Kier molecular flexibility index (Phi) is 10.4. The maximum atomic E-state index is 13.1. The van der Waals surface area contributed by atoms with Crippen molar-refractivity contribution in [1.29, 1.82) is 0 Å². The Morgan fingerprint density at radius 3 is 2.30 bits per heavy atom. The third kappa shape index (κ3) is 8.43. The summed E-state index contributed by atoms with van der Waals surface area (Å²) in [4.78, 5) is 39.4. The van der Waals surface area contributed by atoms with Crippen LogP contribution in [0, 0.1) is 6.92 Å². The number of carbonyl (C=O) groups excluding carboxylic acids is 3. The zero-order valence-corrected chi connectivity index (χ0v) is 19.2. The number of hydrogen-bond donors (Lipinski definition) is 2. The van der Waals surface area contributed by atoms with Crippen molar-refractivity contribution in [2.45, 2.75) is 72.4 Å². The molecule has 1 unspecified atom stereocenters. The number of unbranched alkanes of at least 4 members (excludes halogenated alkanes) is 2. The first-order valence-electron chi connectivity index (χ1n) is 10.7. The van der Waals surface area contributed by atoms with Gasteiger partial charge >= 0.3 is 6.09 Å². The molecule has 0 saturated heterocycles. The topological polar surface area (TPSA) is 87.7 Å². The van der Waals surface area contributed by atoms with Crippen LogP contribution in [0.1, 0.15) is 71.0 Å². The molecule has 0 aromatic heterocycles. The summed E-state index contributed by atoms with van der Waals surface area (Å²) in [6, 6.07) is 6.78. The van der Waals surface area contributed by atoms with Crippen LogP contribution < -0.4 is 10.6 Å². The summed E-state index contributed by atoms with van der Waals surface area (Å²) in [5.74, 6) is -0.562. The van der Waals surface area contributed by atoms with Gasteiger partial charge in [0.15, 0.2) is 0 Å². The Morgan fingerprint density at radius 1 is 1.07 bits per heavy atom. The average Bonchev–Trinajstić information content (AvgIpc) is 2.67. The zero-order valence-electron chi connectivity index (χ0n) is 19.2. The van der Waals surface area contributed by atoms with Gasteiger partial charge in [0, 0.05) is 13.1 Å². The Morgan fingerprint density at radius 2 is 1.73 bits per heavy atom. The van der Waals surface area contributed by atoms with Crippen LogP contribution in [0.5, 0.6) is 0 Å². The van der Waals surface area contributed by atoms with Gasteiger partial charge in [0.05, 0.1) is 0 Å². The van der Waals surface area contributed by atoms with E-state index in [1.54, 1.807) is 20.8 Å². The maximum Gasteiger partial charge on any atom is 0.408 e. The van der Waals surface area contributed by atoms with E-state index in [0.717, 1.165) is 30.4 Å². The summed E-state index contributed by atoms with van der Waals surface area (Å²) in [5.41, 5.74) is 1.05. The molecule has 0 aliphatic carbocycles. The van der Waals surface area contributed by atoms with Crippen molar-refractivity contribution in [2.75, 3.05) is 19.6 Å². The molecule has 7 heteroatoms. The summed E-state index contributed by atoms with van der Waals surface area (Å²) >= 11 is 0. The first-order chi connectivity index (χ1) is 14.1. The molecule has 168 valence electrons. The zero-order chi connectivity index (χ0) is 22.7. The normalized spacial score (nSPS) is 12.1. The van der Waals surface area contributed by atoms with Gasteiger partial charge in [0.2, 0.25) is 11.8 Å². The second-order valence-corrected chi connectivity index (χ2v) is 8.29. The highest BCUT2D eigenvalue weighted by Gasteiger charge is 2.31. The minimum absolute atomic E-state index is 0.215. The van der Waals surface area contributed by atoms with E-state index in [-0.39, 0.29) is 18.4 Å². The van der Waals surface area contributed by atoms with E-state index in [0.29, 0.717) is 13.1 Å². The molecule has 1 aromatic carbocycles. The van der Waals surface area contributed by atoms with Crippen molar-refractivity contribution >= 4 is 17.9 Å². The largest absolute Gasteiger partial charge is 0.444 e. The number of amides is 3. The van der Waals surface area contributed by atoms with Crippen LogP contribution in [0.25, 0.3) is 0 Å². The van der Waals surface area contributed by atoms with Crippen LogP contribution in [0.3, 0.4) is 0 Å². The van der Waals surface area contributed by atoms with Crippen LogP contribution in [0.4, 0.5) is 4.79 Å². The molecule has 0 radical (unpaired) electrons. The molecule has 0 aliphatic heterocycles. The Bertz CT molecular complexity index is 713. The third-order valence-corrected chi connectivity index (χ3v) is 4.57. The molecule has 3 amide bonds. The van der Waals surface area contributed by atoms with Crippen LogP contribution in [0.15, 0.2) is 24.3 Å². The molecule has 7 nitrogen and oxygen atoms in total. The van der Waals surface area contributed by atoms with Crippen molar-refractivity contribution in [1.82, 2.24) is 15.5 Å². The second-order valence-electron chi connectivity index (χ2n) is 8.29. The fraction of sp³-hybridized carbons (Fsp3) is 0.609. The fourth-order valence-corrected chi connectivity index (χ4v) is 3.09. The smallest absolute Gasteiger partial charge is 0.408 e. The molecule has 30 heavy (non-hydrogen) atoms. The molecule has 0 aliphatic rings. The van der Waals surface area contributed by atoms with Gasteiger partial charge in [-0.1, -0.05) is 44.0 Å². The molecule has 1 atom stereocenters. The lowest BCUT2D eigenvalue weighted by Gasteiger charge is -2.31. The third-order valence-electron chi connectivity index (χ3n) is 4.57. The molecule has 0 fully saturated rings. The van der Waals surface area contributed by atoms with Crippen LogP contribution in [0.2, 0.25) is 0 Å². The first kappa shape index (κ1) is 25.5. The number of alkyl carbamates (subject to hydrolysis) is 1. The number of carbonyl (C=O) groups is 3. The lowest BCUT2D eigenvalue weighted by Crippen LogP contribution is -2.48. The van der Waals surface area contributed by atoms with Crippen LogP contribution in [-0.4, -0.2) is 48.0 Å². The van der Waals surface area contributed by atoms with E-state index in [9.17, 15) is 14.4 Å². The quantitative estimate of drug-likeness (QED) is 0.566. The van der Waals surface area contributed by atoms with Gasteiger partial charge in [-0.15, -0.1) is 0 Å². The molecular formula is C23H37N3O4. The van der Waals surface area contributed by atoms with Gasteiger partial charge in [-0.25, -0.2) is 4.79 Å². The first-order valence-corrected chi connectivity index (χ1v) is 10.7. The molecule has 0 heterocycles. The van der Waals surface area contributed by atoms with Crippen molar-refractivity contribution in [2.24, 2.45) is 0 Å². The summed E-state index contributed by atoms with van der Waals surface area (Å²) in [6.45, 7) is 11.8. The highest BCUT2D eigenvalue weighted by molar-refractivity contribution is 5.90. The summed E-state index contributed by atoms with van der Waals surface area (Å²) in [5, 5.41) is 5.45. The number of hydrogen-bond acceptors (Lipinski definition) is 4. The molecule has 1 rings (SSSR count). The number of nitrogens with zero attached hydrogens (tertiary/aromatic N) is 1. The van der Waals surface area contributed by atoms with E-state index >= 15 is 0 Å². The fourth-order valence-electron chi connectivity index (χ4n) is 3.09. The average molecular weight is 420 g/mol. The number of likely N-dealkylation sites (N-methyl/N-ethyl adjacent to an activating group) is 1. The number of ether oxygens (including phenoxy) is 1. The predicted octanol–water partition coefficient (Wildman–Crippen LogP) is 3.72. The monoisotopic (exact) mass is 419 g/mol. The lowest BCUT2D eigenvalue weighted by atomic mass is 9.98. The predicted molar refractivity (Wildman–Crippen MR) is 118 cm³/mol. The lowest BCUT2D eigenvalue weighted by molar-refractivity contribution is -0.140. The van der Waals surface area contributed by atoms with Gasteiger partial charge in [-0.2, -0.15) is 0 Å². The molecule has 0 bridgehead atoms. The molecule has 1 aromatic rings. The van der Waals surface area contributed by atoms with Gasteiger partial charge in [0.1, 0.15) is 18.2 Å². The molecular weight excluding hydrogens is 382 g/mol. The molecule has 0 spiro atoms. The van der Waals surface area contributed by atoms with Crippen LogP contribution in [-0.2, 0) is 14.3 Å². The van der Waals surface area contributed by atoms with E-state index in [4.69, 9.17) is 4.74 Å². The second kappa shape index (κ2) is 12.2. The van der Waals surface area contributed by atoms with E-state index in [2.05, 4.69) is 17.6 Å². The van der Waals surface area contributed by atoms with E-state index < -0.39 is 17.7 Å². The number of benzene rings is 1. The Hall–Kier alpha value is -2.57. The van der Waals surface area contributed by atoms with Crippen molar-refractivity contribution in [3.8, 4) is 0 Å². The highest BCUT2D eigenvalue weighted by Crippen LogP contribution is 2.24. The van der Waals surface area contributed by atoms with E-state index in [1.165, 1.54) is 4.90 Å². The van der Waals surface area contributed by atoms with Gasteiger partial charge in [-0.05, 0) is 52.2 Å². The van der Waals surface area contributed by atoms with Crippen molar-refractivity contribution in [3.05, 3.63) is 35.4 Å². The number of nitrogens with one attached hydrogen (secondary N) is 2. The number of rotatable bonds is 10. The highest BCUT2D eigenvalue weighted by atomic mass is 16.6. The Balaban J connectivity index is 2.99. The van der Waals surface area contributed by atoms with Crippen molar-refractivity contribution < 1.29 is 19.1 Å². The minimum Gasteiger partial charge on any atom is -0.444 e. The van der Waals surface area contributed by atoms with E-state index in [1.807, 2.05) is 38.1 Å². The summed E-state index contributed by atoms with van der Waals surface area (Å²) in [6.07, 6.45) is 2.32. The van der Waals surface area contributed by atoms with Gasteiger partial charge in [-0.3, -0.25) is 9.59 Å². The maximum absolute atomic E-state index is 13.1. The molecule has 2 N–H and O–H groups in total. The summed E-state index contributed by atoms with van der Waals surface area (Å²) < 4.78 is 5.19. The van der Waals surface area contributed by atoms with Crippen molar-refractivity contribution in [3.63, 3.8) is 0 Å². The summed E-state index contributed by atoms with van der Waals surface area (Å²) in [7, 11) is 0. The minimum atomic E-state index is -0.759. The Labute approximate surface area is 180 Å². The number of aryl methyl sites for hydroxylation is 1. The van der Waals surface area contributed by atoms with Gasteiger partial charge < -0.3 is 20.3 Å². The van der Waals surface area contributed by atoms with Gasteiger partial charge in [0.25, 0.3) is 0 Å². The standard InChI is InChI=1S/C23H37N3O4/c1-7-9-12-15-24-21(28)20(18-14-11-10-13-17(18)3)26(8-2)19(27)16-25-22(29)30-23(4,5)6/h10-11,13-14,20H,7-9,12,15-16H2,1-6H3,(H,24,28)(H,25,29).